The number of nitrogens with zero attached hydrogens (tertiary/aromatic N) is 1. The van der Waals surface area contributed by atoms with Crippen LogP contribution in [0.4, 0.5) is 14.5 Å². The Morgan fingerprint density at radius 1 is 1.17 bits per heavy atom. The van der Waals surface area contributed by atoms with Crippen molar-refractivity contribution >= 4 is 39.1 Å². The van der Waals surface area contributed by atoms with Gasteiger partial charge in [0, 0.05) is 25.3 Å². The molecule has 0 atom stereocenters. The third-order valence-electron chi connectivity index (χ3n) is 3.72. The van der Waals surface area contributed by atoms with E-state index in [2.05, 4.69) is 15.4 Å². The highest BCUT2D eigenvalue weighted by atomic mass is 35.5. The quantitative estimate of drug-likeness (QED) is 0.628. The summed E-state index contributed by atoms with van der Waals surface area (Å²) in [5.41, 5.74) is 0.266. The van der Waals surface area contributed by atoms with Gasteiger partial charge in [-0.15, -0.1) is 0 Å². The second-order valence-corrected chi connectivity index (χ2v) is 8.63. The summed E-state index contributed by atoms with van der Waals surface area (Å²) in [4.78, 5) is 24.2. The number of alkyl halides is 2. The average molecular weight is 462 g/mol. The molecule has 2 aromatic rings. The van der Waals surface area contributed by atoms with Gasteiger partial charge >= 0.3 is 6.61 Å². The molecule has 0 heterocycles. The number of ether oxygens (including phenoxy) is 1. The van der Waals surface area contributed by atoms with E-state index in [4.69, 9.17) is 11.6 Å². The summed E-state index contributed by atoms with van der Waals surface area (Å²) in [5, 5.41) is 4.67. The smallest absolute Gasteiger partial charge is 0.387 e. The lowest BCUT2D eigenvalue weighted by Crippen LogP contribution is -2.33. The number of carbonyl (C=O) groups is 2. The number of sulfonamides is 1. The third kappa shape index (κ3) is 6.12. The number of amides is 2. The monoisotopic (exact) mass is 461 g/mol. The van der Waals surface area contributed by atoms with Crippen LogP contribution in [-0.4, -0.2) is 51.8 Å². The van der Waals surface area contributed by atoms with E-state index in [-0.39, 0.29) is 26.9 Å². The van der Waals surface area contributed by atoms with E-state index in [1.807, 2.05) is 0 Å². The maximum absolute atomic E-state index is 12.2. The number of halogens is 3. The first kappa shape index (κ1) is 23.5. The van der Waals surface area contributed by atoms with Crippen LogP contribution in [0.2, 0.25) is 5.02 Å². The molecule has 0 bridgehead atoms. The van der Waals surface area contributed by atoms with E-state index in [1.165, 1.54) is 56.6 Å². The van der Waals surface area contributed by atoms with Crippen LogP contribution in [0.25, 0.3) is 0 Å². The molecule has 0 aliphatic heterocycles. The SMILES string of the molecule is CN(C)S(=O)(=O)c1cccc(C(=O)NCC(=O)Nc2ccc(OC(F)F)c(Cl)c2)c1. The minimum Gasteiger partial charge on any atom is -0.433 e. The Morgan fingerprint density at radius 2 is 1.87 bits per heavy atom. The summed E-state index contributed by atoms with van der Waals surface area (Å²) < 4.78 is 54.0. The highest BCUT2D eigenvalue weighted by Gasteiger charge is 2.19. The fourth-order valence-corrected chi connectivity index (χ4v) is 3.42. The predicted octanol–water partition coefficient (Wildman–Crippen LogP) is 2.56. The Bertz CT molecular complexity index is 1050. The molecule has 12 heteroatoms. The number of benzene rings is 2. The average Bonchev–Trinajstić information content (AvgIpc) is 2.68. The normalized spacial score (nSPS) is 11.4. The van der Waals surface area contributed by atoms with Gasteiger partial charge in [0.05, 0.1) is 16.5 Å². The molecule has 0 aromatic heterocycles. The summed E-state index contributed by atoms with van der Waals surface area (Å²) in [6, 6.07) is 9.06. The van der Waals surface area contributed by atoms with Crippen LogP contribution >= 0.6 is 11.6 Å². The van der Waals surface area contributed by atoms with Gasteiger partial charge in [-0.2, -0.15) is 8.78 Å². The maximum Gasteiger partial charge on any atom is 0.387 e. The first-order valence-corrected chi connectivity index (χ1v) is 10.2. The van der Waals surface area contributed by atoms with E-state index in [1.54, 1.807) is 0 Å². The standard InChI is InChI=1S/C18H18ClF2N3O5S/c1-24(2)30(27,28)13-5-3-4-11(8-13)17(26)22-10-16(25)23-12-6-7-15(14(19)9-12)29-18(20)21/h3-9,18H,10H2,1-2H3,(H,22,26)(H,23,25). The van der Waals surface area contributed by atoms with Crippen molar-refractivity contribution < 1.29 is 31.5 Å². The molecule has 0 fully saturated rings. The Kier molecular flexibility index (Phi) is 7.71. The molecule has 0 unspecified atom stereocenters. The Labute approximate surface area is 176 Å². The van der Waals surface area contributed by atoms with Crippen LogP contribution in [0.5, 0.6) is 5.75 Å². The lowest BCUT2D eigenvalue weighted by molar-refractivity contribution is -0.115. The van der Waals surface area contributed by atoms with Crippen LogP contribution in [-0.2, 0) is 14.8 Å². The van der Waals surface area contributed by atoms with E-state index < -0.39 is 35.0 Å². The van der Waals surface area contributed by atoms with Crippen molar-refractivity contribution in [1.29, 1.82) is 0 Å². The van der Waals surface area contributed by atoms with Crippen LogP contribution in [0.15, 0.2) is 47.4 Å². The van der Waals surface area contributed by atoms with Crippen molar-refractivity contribution in [2.45, 2.75) is 11.5 Å². The first-order valence-electron chi connectivity index (χ1n) is 8.35. The molecule has 0 aliphatic rings. The molecule has 0 spiro atoms. The minimum absolute atomic E-state index is 0.0577. The minimum atomic E-state index is -3.72. The van der Waals surface area contributed by atoms with Gasteiger partial charge < -0.3 is 15.4 Å². The molecule has 162 valence electrons. The van der Waals surface area contributed by atoms with Crippen LogP contribution in [0, 0.1) is 0 Å². The largest absolute Gasteiger partial charge is 0.433 e. The first-order chi connectivity index (χ1) is 14.0. The molecular weight excluding hydrogens is 444 g/mol. The van der Waals surface area contributed by atoms with E-state index >= 15 is 0 Å². The number of carbonyl (C=O) groups excluding carboxylic acids is 2. The van der Waals surface area contributed by atoms with Crippen molar-refractivity contribution in [3.05, 3.63) is 53.1 Å². The maximum atomic E-state index is 12.2. The number of nitrogens with one attached hydrogen (secondary N) is 2. The predicted molar refractivity (Wildman–Crippen MR) is 106 cm³/mol. The summed E-state index contributed by atoms with van der Waals surface area (Å²) in [6.45, 7) is -3.46. The van der Waals surface area contributed by atoms with E-state index in [9.17, 15) is 26.8 Å². The molecule has 2 amide bonds. The molecule has 30 heavy (non-hydrogen) atoms. The topological polar surface area (TPSA) is 105 Å². The van der Waals surface area contributed by atoms with Gasteiger partial charge in [-0.3, -0.25) is 9.59 Å². The lowest BCUT2D eigenvalue weighted by Gasteiger charge is -2.12. The summed E-state index contributed by atoms with van der Waals surface area (Å²) in [7, 11) is -0.984. The van der Waals surface area contributed by atoms with Gasteiger partial charge in [0.15, 0.2) is 0 Å². The molecular formula is C18H18ClF2N3O5S. The van der Waals surface area contributed by atoms with Gasteiger partial charge in [0.25, 0.3) is 5.91 Å². The molecule has 0 saturated heterocycles. The zero-order chi connectivity index (χ0) is 22.5. The summed E-state index contributed by atoms with van der Waals surface area (Å²) >= 11 is 5.81. The van der Waals surface area contributed by atoms with Crippen molar-refractivity contribution in [3.8, 4) is 5.75 Å². The van der Waals surface area contributed by atoms with Gasteiger partial charge in [0.2, 0.25) is 15.9 Å². The Morgan fingerprint density at radius 3 is 2.47 bits per heavy atom. The van der Waals surface area contributed by atoms with Gasteiger partial charge in [-0.05, 0) is 36.4 Å². The lowest BCUT2D eigenvalue weighted by atomic mass is 10.2. The van der Waals surface area contributed by atoms with E-state index in [0.29, 0.717) is 0 Å². The molecule has 8 nitrogen and oxygen atoms in total. The van der Waals surface area contributed by atoms with Crippen molar-refractivity contribution in [3.63, 3.8) is 0 Å². The fraction of sp³-hybridized carbons (Fsp3) is 0.222. The van der Waals surface area contributed by atoms with Gasteiger partial charge in [-0.25, -0.2) is 12.7 Å². The molecule has 2 N–H and O–H groups in total. The van der Waals surface area contributed by atoms with Crippen molar-refractivity contribution in [1.82, 2.24) is 9.62 Å². The zero-order valence-corrected chi connectivity index (χ0v) is 17.4. The van der Waals surface area contributed by atoms with Crippen LogP contribution in [0.1, 0.15) is 10.4 Å². The zero-order valence-electron chi connectivity index (χ0n) is 15.9. The van der Waals surface area contributed by atoms with Crippen molar-refractivity contribution in [2.75, 3.05) is 26.0 Å². The Balaban J connectivity index is 1.98. The summed E-state index contributed by atoms with van der Waals surface area (Å²) in [5.74, 6) is -1.51. The number of anilines is 1. The highest BCUT2D eigenvalue weighted by Crippen LogP contribution is 2.28. The molecule has 0 saturated carbocycles. The number of rotatable bonds is 8. The highest BCUT2D eigenvalue weighted by molar-refractivity contribution is 7.89. The molecule has 0 radical (unpaired) electrons. The molecule has 2 aromatic carbocycles. The summed E-state index contributed by atoms with van der Waals surface area (Å²) in [6.07, 6.45) is 0. The fourth-order valence-electron chi connectivity index (χ4n) is 2.25. The second-order valence-electron chi connectivity index (χ2n) is 6.07. The number of hydrogen-bond acceptors (Lipinski definition) is 5. The second kappa shape index (κ2) is 9.83. The molecule has 0 aliphatic carbocycles. The van der Waals surface area contributed by atoms with Crippen LogP contribution < -0.4 is 15.4 Å². The van der Waals surface area contributed by atoms with Crippen molar-refractivity contribution in [2.24, 2.45) is 0 Å². The third-order valence-corrected chi connectivity index (χ3v) is 5.82. The van der Waals surface area contributed by atoms with E-state index in [0.717, 1.165) is 4.31 Å². The molecule has 2 rings (SSSR count). The van der Waals surface area contributed by atoms with Crippen LogP contribution in [0.3, 0.4) is 0 Å². The van der Waals surface area contributed by atoms with Gasteiger partial charge in [-0.1, -0.05) is 17.7 Å². The Hall–Kier alpha value is -2.76. The van der Waals surface area contributed by atoms with Gasteiger partial charge in [0.1, 0.15) is 5.75 Å². The number of hydrogen-bond donors (Lipinski definition) is 2.